The first kappa shape index (κ1) is 14.8. The van der Waals surface area contributed by atoms with Gasteiger partial charge in [0.05, 0.1) is 16.7 Å². The van der Waals surface area contributed by atoms with E-state index in [0.29, 0.717) is 10.9 Å². The van der Waals surface area contributed by atoms with Gasteiger partial charge in [0.25, 0.3) is 11.8 Å². The zero-order chi connectivity index (χ0) is 17.4. The van der Waals surface area contributed by atoms with Gasteiger partial charge in [-0.15, -0.1) is 0 Å². The van der Waals surface area contributed by atoms with E-state index in [1.807, 2.05) is 0 Å². The maximum Gasteiger partial charge on any atom is 0.365 e. The molecule has 1 aliphatic rings. The van der Waals surface area contributed by atoms with E-state index in [4.69, 9.17) is 4.84 Å². The monoisotopic (exact) mass is 334 g/mol. The van der Waals surface area contributed by atoms with E-state index >= 15 is 0 Å². The molecule has 4 rings (SSSR count). The fraction of sp³-hybridized carbons (Fsp3) is 0. The lowest BCUT2D eigenvalue weighted by molar-refractivity contribution is -0.0584. The maximum absolute atomic E-state index is 12.2. The number of benzene rings is 1. The van der Waals surface area contributed by atoms with Crippen LogP contribution >= 0.6 is 0 Å². The summed E-state index contributed by atoms with van der Waals surface area (Å²) in [4.78, 5) is 45.7. The van der Waals surface area contributed by atoms with Crippen molar-refractivity contribution in [2.24, 2.45) is 0 Å². The Balaban J connectivity index is 1.53. The summed E-state index contributed by atoms with van der Waals surface area (Å²) in [6.45, 7) is 0. The number of hydrogen-bond donors (Lipinski definition) is 0. The SMILES string of the molecule is O=C(ON1C(=O)c2ccccc2C1=O)c1ccc(-n2cccn2)nc1. The number of pyridine rings is 1. The Hall–Kier alpha value is -3.81. The zero-order valence-corrected chi connectivity index (χ0v) is 12.7. The molecule has 0 fully saturated rings. The van der Waals surface area contributed by atoms with Gasteiger partial charge in [-0.25, -0.2) is 14.5 Å². The van der Waals surface area contributed by atoms with Gasteiger partial charge in [-0.2, -0.15) is 5.10 Å². The smallest absolute Gasteiger partial charge is 0.324 e. The van der Waals surface area contributed by atoms with Crippen molar-refractivity contribution in [1.29, 1.82) is 0 Å². The van der Waals surface area contributed by atoms with Crippen LogP contribution in [-0.4, -0.2) is 37.6 Å². The molecule has 0 spiro atoms. The molecule has 25 heavy (non-hydrogen) atoms. The van der Waals surface area contributed by atoms with E-state index < -0.39 is 17.8 Å². The summed E-state index contributed by atoms with van der Waals surface area (Å²) in [7, 11) is 0. The summed E-state index contributed by atoms with van der Waals surface area (Å²) in [6, 6.07) is 11.1. The van der Waals surface area contributed by atoms with Crippen molar-refractivity contribution in [3.8, 4) is 5.82 Å². The average molecular weight is 334 g/mol. The molecule has 1 aliphatic heterocycles. The molecule has 0 saturated heterocycles. The number of amides is 2. The predicted octanol–water partition coefficient (Wildman–Crippen LogP) is 1.64. The highest BCUT2D eigenvalue weighted by atomic mass is 16.7. The molecule has 0 bridgehead atoms. The number of hydrogen-bond acceptors (Lipinski definition) is 6. The fourth-order valence-corrected chi connectivity index (χ4v) is 2.43. The minimum absolute atomic E-state index is 0.104. The van der Waals surface area contributed by atoms with Crippen molar-refractivity contribution >= 4 is 17.8 Å². The molecule has 2 amide bonds. The third-order valence-corrected chi connectivity index (χ3v) is 3.65. The van der Waals surface area contributed by atoms with Crippen molar-refractivity contribution in [2.75, 3.05) is 0 Å². The van der Waals surface area contributed by atoms with Crippen LogP contribution in [0.25, 0.3) is 5.82 Å². The Morgan fingerprint density at radius 1 is 0.960 bits per heavy atom. The van der Waals surface area contributed by atoms with Crippen LogP contribution < -0.4 is 0 Å². The molecule has 8 heteroatoms. The van der Waals surface area contributed by atoms with Gasteiger partial charge < -0.3 is 4.84 Å². The number of imide groups is 1. The van der Waals surface area contributed by atoms with Gasteiger partial charge in [0.2, 0.25) is 0 Å². The molecular weight excluding hydrogens is 324 g/mol. The Morgan fingerprint density at radius 3 is 2.24 bits per heavy atom. The fourth-order valence-electron chi connectivity index (χ4n) is 2.43. The zero-order valence-electron chi connectivity index (χ0n) is 12.7. The summed E-state index contributed by atoms with van der Waals surface area (Å²) in [6.07, 6.45) is 4.60. The molecule has 0 atom stereocenters. The van der Waals surface area contributed by atoms with Crippen molar-refractivity contribution in [1.82, 2.24) is 19.8 Å². The quantitative estimate of drug-likeness (QED) is 0.676. The van der Waals surface area contributed by atoms with Crippen LogP contribution in [0.2, 0.25) is 0 Å². The van der Waals surface area contributed by atoms with Crippen molar-refractivity contribution in [2.45, 2.75) is 0 Å². The summed E-state index contributed by atoms with van der Waals surface area (Å²) in [5.41, 5.74) is 0.507. The van der Waals surface area contributed by atoms with Gasteiger partial charge >= 0.3 is 5.97 Å². The third kappa shape index (κ3) is 2.45. The third-order valence-electron chi connectivity index (χ3n) is 3.65. The number of carbonyl (C=O) groups is 3. The highest BCUT2D eigenvalue weighted by molar-refractivity contribution is 6.21. The lowest BCUT2D eigenvalue weighted by Gasteiger charge is -2.12. The Morgan fingerprint density at radius 2 is 1.68 bits per heavy atom. The van der Waals surface area contributed by atoms with Crippen LogP contribution in [0.4, 0.5) is 0 Å². The average Bonchev–Trinajstić information content (AvgIpc) is 3.26. The summed E-state index contributed by atoms with van der Waals surface area (Å²) >= 11 is 0. The second-order valence-electron chi connectivity index (χ2n) is 5.18. The summed E-state index contributed by atoms with van der Waals surface area (Å²) in [5.74, 6) is -1.68. The largest absolute Gasteiger partial charge is 0.365 e. The van der Waals surface area contributed by atoms with Gasteiger partial charge in [-0.3, -0.25) is 9.59 Å². The van der Waals surface area contributed by atoms with E-state index in [1.165, 1.54) is 29.1 Å². The lowest BCUT2D eigenvalue weighted by Crippen LogP contribution is -2.32. The number of carbonyl (C=O) groups excluding carboxylic acids is 3. The molecule has 0 radical (unpaired) electrons. The van der Waals surface area contributed by atoms with E-state index in [1.54, 1.807) is 36.7 Å². The standard InChI is InChI=1S/C17H10N4O4/c22-15-12-4-1-2-5-13(12)16(23)21(15)25-17(24)11-6-7-14(18-10-11)20-9-3-8-19-20/h1-10H. The van der Waals surface area contributed by atoms with Crippen LogP contribution in [0, 0.1) is 0 Å². The normalized spacial score (nSPS) is 13.0. The van der Waals surface area contributed by atoms with Gasteiger partial charge in [-0.1, -0.05) is 17.2 Å². The van der Waals surface area contributed by atoms with Crippen LogP contribution in [0.1, 0.15) is 31.1 Å². The molecule has 8 nitrogen and oxygen atoms in total. The minimum atomic E-state index is -0.853. The number of aromatic nitrogens is 3. The molecule has 0 N–H and O–H groups in total. The predicted molar refractivity (Wildman–Crippen MR) is 83.7 cm³/mol. The van der Waals surface area contributed by atoms with E-state index in [9.17, 15) is 14.4 Å². The van der Waals surface area contributed by atoms with Gasteiger partial charge in [-0.05, 0) is 30.3 Å². The van der Waals surface area contributed by atoms with Crippen LogP contribution in [0.15, 0.2) is 61.1 Å². The van der Waals surface area contributed by atoms with Gasteiger partial charge in [0.15, 0.2) is 5.82 Å². The molecule has 0 saturated carbocycles. The molecular formula is C17H10N4O4. The molecule has 122 valence electrons. The molecule has 0 aliphatic carbocycles. The van der Waals surface area contributed by atoms with Gasteiger partial charge in [0.1, 0.15) is 0 Å². The highest BCUT2D eigenvalue weighted by Gasteiger charge is 2.38. The number of fused-ring (bicyclic) bond motifs is 1. The molecule has 0 unspecified atom stereocenters. The highest BCUT2D eigenvalue weighted by Crippen LogP contribution is 2.23. The second kappa shape index (κ2) is 5.68. The lowest BCUT2D eigenvalue weighted by atomic mass is 10.1. The van der Waals surface area contributed by atoms with Crippen molar-refractivity contribution < 1.29 is 19.2 Å². The Kier molecular flexibility index (Phi) is 3.35. The first-order valence-corrected chi connectivity index (χ1v) is 7.31. The van der Waals surface area contributed by atoms with Crippen LogP contribution in [0.3, 0.4) is 0 Å². The van der Waals surface area contributed by atoms with Crippen molar-refractivity contribution in [3.63, 3.8) is 0 Å². The van der Waals surface area contributed by atoms with Crippen molar-refractivity contribution in [3.05, 3.63) is 77.7 Å². The number of rotatable bonds is 3. The topological polar surface area (TPSA) is 94.4 Å². The molecule has 2 aromatic heterocycles. The summed E-state index contributed by atoms with van der Waals surface area (Å²) in [5, 5.41) is 4.49. The Labute approximate surface area is 141 Å². The minimum Gasteiger partial charge on any atom is -0.324 e. The second-order valence-corrected chi connectivity index (χ2v) is 5.18. The maximum atomic E-state index is 12.2. The van der Waals surface area contributed by atoms with Gasteiger partial charge in [0, 0.05) is 18.6 Å². The number of nitrogens with zero attached hydrogens (tertiary/aromatic N) is 4. The first-order valence-electron chi connectivity index (χ1n) is 7.31. The van der Waals surface area contributed by atoms with E-state index in [-0.39, 0.29) is 16.7 Å². The summed E-state index contributed by atoms with van der Waals surface area (Å²) < 4.78 is 1.53. The van der Waals surface area contributed by atoms with E-state index in [2.05, 4.69) is 10.1 Å². The van der Waals surface area contributed by atoms with Crippen LogP contribution in [-0.2, 0) is 4.84 Å². The van der Waals surface area contributed by atoms with Crippen LogP contribution in [0.5, 0.6) is 0 Å². The van der Waals surface area contributed by atoms with E-state index in [0.717, 1.165) is 0 Å². The molecule has 3 heterocycles. The molecule has 3 aromatic rings. The number of hydroxylamine groups is 2. The molecule has 1 aromatic carbocycles. The Bertz CT molecular complexity index is 945. The first-order chi connectivity index (χ1) is 12.1.